The van der Waals surface area contributed by atoms with Crippen LogP contribution in [0.1, 0.15) is 25.7 Å². The lowest BCUT2D eigenvalue weighted by Crippen LogP contribution is -1.97. The van der Waals surface area contributed by atoms with E-state index in [4.69, 9.17) is 10.2 Å². The number of carbonyl (C=O) groups is 2. The van der Waals surface area contributed by atoms with E-state index < -0.39 is 11.9 Å². The Morgan fingerprint density at radius 2 is 1.17 bits per heavy atom. The van der Waals surface area contributed by atoms with Gasteiger partial charge >= 0.3 is 35.0 Å². The fourth-order valence-corrected chi connectivity index (χ4v) is 0.552. The zero-order valence-electron chi connectivity index (χ0n) is 5.95. The van der Waals surface area contributed by atoms with Crippen molar-refractivity contribution in [2.24, 2.45) is 0 Å². The first-order valence-corrected chi connectivity index (χ1v) is 3.06. The Morgan fingerprint density at radius 3 is 1.33 bits per heavy atom. The van der Waals surface area contributed by atoms with Crippen molar-refractivity contribution < 1.29 is 19.8 Å². The van der Waals surface area contributed by atoms with Gasteiger partial charge in [0.25, 0.3) is 0 Å². The predicted octanol–water partition coefficient (Wildman–Crippen LogP) is 0.222. The van der Waals surface area contributed by atoms with Crippen LogP contribution in [0, 0.1) is 0 Å². The highest BCUT2D eigenvalue weighted by molar-refractivity contribution is 5.85. The van der Waals surface area contributed by atoms with Gasteiger partial charge in [0.15, 0.2) is 0 Å². The number of aliphatic carboxylic acids is 2. The molecule has 0 atom stereocenters. The molecule has 0 heterocycles. The molecule has 0 aliphatic heterocycles. The fourth-order valence-electron chi connectivity index (χ4n) is 0.552. The van der Waals surface area contributed by atoms with Crippen molar-refractivity contribution in [3.63, 3.8) is 0 Å². The van der Waals surface area contributed by atoms with Gasteiger partial charge in [-0.25, -0.2) is 0 Å². The summed E-state index contributed by atoms with van der Waals surface area (Å²) in [6.07, 6.45) is 1.02. The van der Waals surface area contributed by atoms with Crippen LogP contribution < -0.4 is 0 Å². The number of hydrogen-bond donors (Lipinski definition) is 2. The summed E-state index contributed by atoms with van der Waals surface area (Å²) in [5.41, 5.74) is 0. The molecule has 2 N–H and O–H groups in total. The third-order valence-electron chi connectivity index (χ3n) is 1.03. The molecule has 6 heteroatoms. The Morgan fingerprint density at radius 1 is 0.917 bits per heavy atom. The van der Waals surface area contributed by atoms with Crippen molar-refractivity contribution in [1.29, 1.82) is 0 Å². The highest BCUT2D eigenvalue weighted by Gasteiger charge is 1.99. The van der Waals surface area contributed by atoms with Crippen LogP contribution in [0.15, 0.2) is 0 Å². The van der Waals surface area contributed by atoms with E-state index >= 15 is 0 Å². The van der Waals surface area contributed by atoms with Crippen molar-refractivity contribution in [1.82, 2.24) is 0 Å². The van der Waals surface area contributed by atoms with Crippen LogP contribution >= 0.6 is 12.4 Å². The summed E-state index contributed by atoms with van der Waals surface area (Å²) >= 11 is 0. The predicted molar refractivity (Wildman–Crippen MR) is 49.5 cm³/mol. The fraction of sp³-hybridized carbons (Fsp3) is 0.667. The van der Waals surface area contributed by atoms with E-state index in [0.29, 0.717) is 12.8 Å². The third-order valence-corrected chi connectivity index (χ3v) is 1.03. The van der Waals surface area contributed by atoms with Gasteiger partial charge in [0.2, 0.25) is 0 Å². The molecule has 0 aliphatic carbocycles. The van der Waals surface area contributed by atoms with Gasteiger partial charge in [-0.3, -0.25) is 9.59 Å². The molecule has 0 amide bonds. The van der Waals surface area contributed by atoms with Gasteiger partial charge in [0.05, 0.1) is 0 Å². The Bertz CT molecular complexity index is 124. The van der Waals surface area contributed by atoms with Crippen LogP contribution in [0.4, 0.5) is 0 Å². The minimum absolute atomic E-state index is 0. The second-order valence-corrected chi connectivity index (χ2v) is 1.99. The van der Waals surface area contributed by atoms with E-state index in [1.807, 2.05) is 0 Å². The van der Waals surface area contributed by atoms with Gasteiger partial charge in [0, 0.05) is 12.8 Å². The molecule has 0 aliphatic rings. The van der Waals surface area contributed by atoms with Gasteiger partial charge in [-0.1, -0.05) is 0 Å². The SMILES string of the molecule is Cl.O=C(O)CCCCC(=O)O.[MgH2]. The highest BCUT2D eigenvalue weighted by Crippen LogP contribution is 1.98. The van der Waals surface area contributed by atoms with Crippen molar-refractivity contribution in [2.45, 2.75) is 25.7 Å². The zero-order valence-corrected chi connectivity index (χ0v) is 6.76. The van der Waals surface area contributed by atoms with Crippen LogP contribution in [0.5, 0.6) is 0 Å². The molecule has 0 unspecified atom stereocenters. The molecule has 0 saturated carbocycles. The molecule has 0 fully saturated rings. The van der Waals surface area contributed by atoms with Crippen molar-refractivity contribution in [2.75, 3.05) is 0 Å². The topological polar surface area (TPSA) is 74.6 Å². The van der Waals surface area contributed by atoms with Crippen LogP contribution in [-0.2, 0) is 9.59 Å². The van der Waals surface area contributed by atoms with Crippen LogP contribution in [0.2, 0.25) is 0 Å². The molecule has 0 aromatic rings. The molecule has 0 spiro atoms. The van der Waals surface area contributed by atoms with Crippen LogP contribution in [0.3, 0.4) is 0 Å². The molecule has 0 aromatic carbocycles. The van der Waals surface area contributed by atoms with Gasteiger partial charge in [0.1, 0.15) is 0 Å². The second kappa shape index (κ2) is 11.0. The number of rotatable bonds is 5. The average Bonchev–Trinajstić information content (AvgIpc) is 1.79. The maximum Gasteiger partial charge on any atom is 0.316 e. The highest BCUT2D eigenvalue weighted by atomic mass is 35.5. The molecule has 4 nitrogen and oxygen atoms in total. The number of halogens is 1. The first kappa shape index (κ1) is 17.9. The van der Waals surface area contributed by atoms with Crippen molar-refractivity contribution >= 4 is 47.4 Å². The van der Waals surface area contributed by atoms with E-state index in [1.54, 1.807) is 0 Å². The normalized spacial score (nSPS) is 7.67. The largest absolute Gasteiger partial charge is 0.481 e. The minimum Gasteiger partial charge on any atom is -0.481 e. The van der Waals surface area contributed by atoms with E-state index in [0.717, 1.165) is 0 Å². The minimum atomic E-state index is -0.870. The summed E-state index contributed by atoms with van der Waals surface area (Å²) in [5, 5.41) is 16.3. The first-order chi connectivity index (χ1) is 4.63. The Hall–Kier alpha value is -0.00377. The summed E-state index contributed by atoms with van der Waals surface area (Å²) in [7, 11) is 0. The Labute approximate surface area is 92.9 Å². The number of carboxylic acids is 2. The molecule has 0 aromatic heterocycles. The van der Waals surface area contributed by atoms with Gasteiger partial charge in [-0.15, -0.1) is 12.4 Å². The monoisotopic (exact) mass is 208 g/mol. The lowest BCUT2D eigenvalue weighted by atomic mass is 10.2. The average molecular weight is 209 g/mol. The summed E-state index contributed by atoms with van der Waals surface area (Å²) in [4.78, 5) is 19.8. The maximum atomic E-state index is 9.90. The standard InChI is InChI=1S/C6H10O4.ClH.Mg.2H/c7-5(8)3-1-2-4-6(9)10;;;;/h1-4H2,(H,7,8)(H,9,10);1H;;;. The van der Waals surface area contributed by atoms with Gasteiger partial charge < -0.3 is 10.2 Å². The van der Waals surface area contributed by atoms with E-state index in [-0.39, 0.29) is 48.3 Å². The third kappa shape index (κ3) is 16.5. The first-order valence-electron chi connectivity index (χ1n) is 3.06. The summed E-state index contributed by atoms with van der Waals surface area (Å²) in [5.74, 6) is -1.74. The number of carboxylic acid groups (broad SMARTS) is 2. The van der Waals surface area contributed by atoms with Gasteiger partial charge in [-0.05, 0) is 12.8 Å². The number of hydrogen-bond acceptors (Lipinski definition) is 2. The van der Waals surface area contributed by atoms with Crippen molar-refractivity contribution in [3.05, 3.63) is 0 Å². The van der Waals surface area contributed by atoms with Crippen LogP contribution in [-0.4, -0.2) is 45.2 Å². The smallest absolute Gasteiger partial charge is 0.316 e. The lowest BCUT2D eigenvalue weighted by molar-refractivity contribution is -0.139. The Balaban J connectivity index is -0.000000405. The van der Waals surface area contributed by atoms with Crippen molar-refractivity contribution in [3.8, 4) is 0 Å². The maximum absolute atomic E-state index is 9.90. The molecule has 0 rings (SSSR count). The molecular formula is C6H13ClMgO4. The molecular weight excluding hydrogens is 196 g/mol. The van der Waals surface area contributed by atoms with E-state index in [2.05, 4.69) is 0 Å². The van der Waals surface area contributed by atoms with E-state index in [1.165, 1.54) is 0 Å². The molecule has 70 valence electrons. The zero-order chi connectivity index (χ0) is 7.98. The Kier molecular flexibility index (Phi) is 16.4. The second-order valence-electron chi connectivity index (χ2n) is 1.99. The number of unbranched alkanes of at least 4 members (excludes halogenated alkanes) is 1. The molecule has 0 radical (unpaired) electrons. The van der Waals surface area contributed by atoms with Gasteiger partial charge in [-0.2, -0.15) is 0 Å². The summed E-state index contributed by atoms with van der Waals surface area (Å²) < 4.78 is 0. The van der Waals surface area contributed by atoms with Crippen LogP contribution in [0.25, 0.3) is 0 Å². The lowest BCUT2D eigenvalue weighted by Gasteiger charge is -1.92. The summed E-state index contributed by atoms with van der Waals surface area (Å²) in [6.45, 7) is 0. The summed E-state index contributed by atoms with van der Waals surface area (Å²) in [6, 6.07) is 0. The van der Waals surface area contributed by atoms with E-state index in [9.17, 15) is 9.59 Å². The quantitative estimate of drug-likeness (QED) is 0.501. The molecule has 0 bridgehead atoms. The molecule has 0 saturated heterocycles. The molecule has 12 heavy (non-hydrogen) atoms.